The van der Waals surface area contributed by atoms with Crippen LogP contribution < -0.4 is 4.74 Å². The number of likely N-dealkylation sites (tertiary alicyclic amines) is 1. The molecular formula is C26H23N3O3. The quantitative estimate of drug-likeness (QED) is 0.607. The van der Waals surface area contributed by atoms with Crippen LogP contribution in [0, 0.1) is 0 Å². The standard InChI is InChI=1S/C26H23N3O3/c30-24(29-15-13-26(17-29)22-10-14-27-16-23(22)28-18-31-26)25(11-12-25)19-6-8-21(9-7-19)32-20-4-2-1-3-5-20/h1-10,14,16,18H,11-13,15,17H2. The summed E-state index contributed by atoms with van der Waals surface area (Å²) in [6.07, 6.45) is 7.50. The molecule has 1 saturated carbocycles. The van der Waals surface area contributed by atoms with Gasteiger partial charge in [-0.1, -0.05) is 30.3 Å². The van der Waals surface area contributed by atoms with Gasteiger partial charge >= 0.3 is 0 Å². The maximum absolute atomic E-state index is 13.6. The molecule has 3 heterocycles. The number of amides is 1. The summed E-state index contributed by atoms with van der Waals surface area (Å²) in [5.41, 5.74) is 1.93. The molecule has 6 rings (SSSR count). The van der Waals surface area contributed by atoms with Crippen molar-refractivity contribution >= 4 is 18.0 Å². The molecule has 32 heavy (non-hydrogen) atoms. The van der Waals surface area contributed by atoms with Crippen molar-refractivity contribution in [2.24, 2.45) is 4.99 Å². The van der Waals surface area contributed by atoms with E-state index in [0.717, 1.165) is 47.6 Å². The minimum Gasteiger partial charge on any atom is -0.470 e. The molecular weight excluding hydrogens is 402 g/mol. The van der Waals surface area contributed by atoms with Crippen molar-refractivity contribution in [1.29, 1.82) is 0 Å². The summed E-state index contributed by atoms with van der Waals surface area (Å²) in [6.45, 7) is 1.21. The fraction of sp³-hybridized carbons (Fsp3) is 0.269. The average Bonchev–Trinajstić information content (AvgIpc) is 3.55. The summed E-state index contributed by atoms with van der Waals surface area (Å²) in [6, 6.07) is 19.6. The van der Waals surface area contributed by atoms with E-state index in [-0.39, 0.29) is 5.91 Å². The van der Waals surface area contributed by atoms with Crippen molar-refractivity contribution in [3.63, 3.8) is 0 Å². The smallest absolute Gasteiger partial charge is 0.233 e. The third kappa shape index (κ3) is 3.06. The molecule has 2 aromatic carbocycles. The van der Waals surface area contributed by atoms with Crippen LogP contribution in [0.25, 0.3) is 0 Å². The van der Waals surface area contributed by atoms with Gasteiger partial charge < -0.3 is 14.4 Å². The molecule has 1 aromatic heterocycles. The average molecular weight is 425 g/mol. The molecule has 0 radical (unpaired) electrons. The summed E-state index contributed by atoms with van der Waals surface area (Å²) in [5, 5.41) is 0. The summed E-state index contributed by atoms with van der Waals surface area (Å²) in [7, 11) is 0. The highest BCUT2D eigenvalue weighted by molar-refractivity contribution is 5.91. The number of rotatable bonds is 4. The van der Waals surface area contributed by atoms with Crippen molar-refractivity contribution < 1.29 is 14.3 Å². The Morgan fingerprint density at radius 3 is 2.53 bits per heavy atom. The third-order valence-electron chi connectivity index (χ3n) is 6.83. The van der Waals surface area contributed by atoms with Gasteiger partial charge in [0.1, 0.15) is 11.5 Å². The number of fused-ring (bicyclic) bond motifs is 2. The third-order valence-corrected chi connectivity index (χ3v) is 6.83. The Morgan fingerprint density at radius 2 is 1.75 bits per heavy atom. The van der Waals surface area contributed by atoms with Crippen molar-refractivity contribution in [2.75, 3.05) is 13.1 Å². The van der Waals surface area contributed by atoms with E-state index in [2.05, 4.69) is 9.98 Å². The number of pyridine rings is 1. The normalized spacial score (nSPS) is 22.3. The first-order chi connectivity index (χ1) is 15.7. The Balaban J connectivity index is 1.20. The van der Waals surface area contributed by atoms with Gasteiger partial charge in [0.15, 0.2) is 12.0 Å². The lowest BCUT2D eigenvalue weighted by atomic mass is 9.91. The Labute approximate surface area is 186 Å². The molecule has 6 nitrogen and oxygen atoms in total. The zero-order chi connectivity index (χ0) is 21.6. The molecule has 1 spiro atoms. The molecule has 3 aromatic rings. The van der Waals surface area contributed by atoms with Gasteiger partial charge in [-0.3, -0.25) is 9.78 Å². The minimum absolute atomic E-state index is 0.188. The lowest BCUT2D eigenvalue weighted by Crippen LogP contribution is -2.41. The number of hydrogen-bond acceptors (Lipinski definition) is 5. The number of hydrogen-bond donors (Lipinski definition) is 0. The van der Waals surface area contributed by atoms with E-state index in [4.69, 9.17) is 9.47 Å². The first-order valence-corrected chi connectivity index (χ1v) is 11.0. The number of para-hydroxylation sites is 1. The summed E-state index contributed by atoms with van der Waals surface area (Å²) < 4.78 is 11.9. The van der Waals surface area contributed by atoms with Crippen LogP contribution in [0.4, 0.5) is 5.69 Å². The minimum atomic E-state index is -0.529. The van der Waals surface area contributed by atoms with Gasteiger partial charge in [-0.15, -0.1) is 0 Å². The van der Waals surface area contributed by atoms with E-state index in [1.807, 2.05) is 65.6 Å². The van der Waals surface area contributed by atoms with E-state index in [1.165, 1.54) is 6.40 Å². The van der Waals surface area contributed by atoms with Crippen LogP contribution >= 0.6 is 0 Å². The van der Waals surface area contributed by atoms with Crippen molar-refractivity contribution in [2.45, 2.75) is 30.3 Å². The fourth-order valence-electron chi connectivity index (χ4n) is 4.91. The van der Waals surface area contributed by atoms with Crippen molar-refractivity contribution in [3.05, 3.63) is 84.2 Å². The molecule has 1 atom stereocenters. The number of carbonyl (C=O) groups is 1. The number of aliphatic imine (C=N–C) groups is 1. The first kappa shape index (κ1) is 19.0. The summed E-state index contributed by atoms with van der Waals surface area (Å²) >= 11 is 0. The molecule has 1 saturated heterocycles. The molecule has 2 aliphatic heterocycles. The van der Waals surface area contributed by atoms with Crippen LogP contribution in [0.15, 0.2) is 78.0 Å². The van der Waals surface area contributed by atoms with Gasteiger partial charge in [0, 0.05) is 24.7 Å². The highest BCUT2D eigenvalue weighted by atomic mass is 16.5. The maximum atomic E-state index is 13.6. The van der Waals surface area contributed by atoms with E-state index < -0.39 is 11.0 Å². The monoisotopic (exact) mass is 425 g/mol. The fourth-order valence-corrected chi connectivity index (χ4v) is 4.91. The molecule has 6 heteroatoms. The van der Waals surface area contributed by atoms with E-state index >= 15 is 0 Å². The Kier molecular flexibility index (Phi) is 4.28. The molecule has 2 fully saturated rings. The van der Waals surface area contributed by atoms with Crippen LogP contribution in [0.2, 0.25) is 0 Å². The van der Waals surface area contributed by atoms with Crippen LogP contribution in [0.5, 0.6) is 11.5 Å². The van der Waals surface area contributed by atoms with Gasteiger partial charge in [0.2, 0.25) is 5.91 Å². The van der Waals surface area contributed by atoms with E-state index in [1.54, 1.807) is 12.4 Å². The van der Waals surface area contributed by atoms with Gasteiger partial charge in [-0.05, 0) is 48.7 Å². The predicted octanol–water partition coefficient (Wildman–Crippen LogP) is 4.72. The molecule has 1 amide bonds. The lowest BCUT2D eigenvalue weighted by molar-refractivity contribution is -0.133. The van der Waals surface area contributed by atoms with Crippen LogP contribution in [-0.4, -0.2) is 35.3 Å². The van der Waals surface area contributed by atoms with E-state index in [9.17, 15) is 4.79 Å². The Hall–Kier alpha value is -3.67. The number of benzene rings is 2. The molecule has 1 unspecified atom stereocenters. The van der Waals surface area contributed by atoms with Crippen molar-refractivity contribution in [1.82, 2.24) is 9.88 Å². The second kappa shape index (κ2) is 7.19. The Morgan fingerprint density at radius 1 is 0.969 bits per heavy atom. The molecule has 3 aliphatic rings. The largest absolute Gasteiger partial charge is 0.470 e. The Bertz CT molecular complexity index is 1190. The van der Waals surface area contributed by atoms with E-state index in [0.29, 0.717) is 13.1 Å². The molecule has 160 valence electrons. The van der Waals surface area contributed by atoms with Crippen molar-refractivity contribution in [3.8, 4) is 11.5 Å². The first-order valence-electron chi connectivity index (χ1n) is 11.0. The number of ether oxygens (including phenoxy) is 2. The van der Waals surface area contributed by atoms with Crippen LogP contribution in [0.1, 0.15) is 30.4 Å². The zero-order valence-electron chi connectivity index (χ0n) is 17.6. The molecule has 1 aliphatic carbocycles. The molecule has 0 N–H and O–H groups in total. The maximum Gasteiger partial charge on any atom is 0.233 e. The highest BCUT2D eigenvalue weighted by Crippen LogP contribution is 2.52. The highest BCUT2D eigenvalue weighted by Gasteiger charge is 2.56. The zero-order valence-corrected chi connectivity index (χ0v) is 17.6. The topological polar surface area (TPSA) is 64.0 Å². The number of nitrogens with zero attached hydrogens (tertiary/aromatic N) is 3. The van der Waals surface area contributed by atoms with Gasteiger partial charge in [-0.25, -0.2) is 4.99 Å². The molecule has 0 bridgehead atoms. The summed E-state index contributed by atoms with van der Waals surface area (Å²) in [5.74, 6) is 1.75. The van der Waals surface area contributed by atoms with Gasteiger partial charge in [0.05, 0.1) is 23.8 Å². The van der Waals surface area contributed by atoms with Gasteiger partial charge in [0.25, 0.3) is 0 Å². The second-order valence-electron chi connectivity index (χ2n) is 8.74. The number of aromatic nitrogens is 1. The van der Waals surface area contributed by atoms with Crippen LogP contribution in [-0.2, 0) is 20.5 Å². The second-order valence-corrected chi connectivity index (χ2v) is 8.74. The summed E-state index contributed by atoms with van der Waals surface area (Å²) in [4.78, 5) is 24.1. The number of carbonyl (C=O) groups excluding carboxylic acids is 1. The predicted molar refractivity (Wildman–Crippen MR) is 120 cm³/mol. The van der Waals surface area contributed by atoms with Crippen LogP contribution in [0.3, 0.4) is 0 Å². The SMILES string of the molecule is O=C(N1CCC2(C1)OC=Nc1cnccc12)C1(c2ccc(Oc3ccccc3)cc2)CC1. The lowest BCUT2D eigenvalue weighted by Gasteiger charge is -2.32. The van der Waals surface area contributed by atoms with Gasteiger partial charge in [-0.2, -0.15) is 0 Å².